The topological polar surface area (TPSA) is 21.1 Å². The van der Waals surface area contributed by atoms with Crippen molar-refractivity contribution in [3.8, 4) is 50.5 Å². The first kappa shape index (κ1) is 31.0. The smallest absolute Gasteiger partial charge is 0.145 e. The van der Waals surface area contributed by atoms with Crippen LogP contribution in [0.2, 0.25) is 0 Å². The Morgan fingerprint density at radius 2 is 0.731 bits per heavy atom. The van der Waals surface area contributed by atoms with Crippen LogP contribution in [-0.2, 0) is 0 Å². The van der Waals surface area contributed by atoms with Crippen LogP contribution in [0.3, 0.4) is 0 Å². The molecule has 3 nitrogen and oxygen atoms in total. The lowest BCUT2D eigenvalue weighted by atomic mass is 10.0. The van der Waals surface area contributed by atoms with Crippen molar-refractivity contribution in [1.82, 2.24) is 9.55 Å². The molecule has 0 aliphatic carbocycles. The molecule has 9 aromatic rings. The van der Waals surface area contributed by atoms with Crippen molar-refractivity contribution < 1.29 is 0 Å². The van der Waals surface area contributed by atoms with E-state index in [1.54, 1.807) is 0 Å². The number of para-hydroxylation sites is 2. The summed E-state index contributed by atoms with van der Waals surface area (Å²) < 4.78 is 2.27. The minimum absolute atomic E-state index is 0.932. The molecule has 0 N–H and O–H groups in total. The summed E-state index contributed by atoms with van der Waals surface area (Å²) in [5.41, 5.74) is 14.6. The molecule has 0 radical (unpaired) electrons. The van der Waals surface area contributed by atoms with Crippen molar-refractivity contribution in [1.29, 1.82) is 0 Å². The summed E-state index contributed by atoms with van der Waals surface area (Å²) in [5.74, 6) is 0.932. The van der Waals surface area contributed by atoms with Crippen LogP contribution < -0.4 is 4.90 Å². The van der Waals surface area contributed by atoms with Crippen LogP contribution in [-0.4, -0.2) is 9.55 Å². The van der Waals surface area contributed by atoms with Gasteiger partial charge in [0.2, 0.25) is 0 Å². The fourth-order valence-corrected chi connectivity index (χ4v) is 7.01. The molecule has 9 rings (SSSR count). The van der Waals surface area contributed by atoms with Crippen molar-refractivity contribution in [2.45, 2.75) is 0 Å². The molecule has 0 saturated heterocycles. The molecule has 3 heteroatoms. The van der Waals surface area contributed by atoms with E-state index in [2.05, 4.69) is 210 Å². The van der Waals surface area contributed by atoms with E-state index in [1.165, 1.54) is 22.3 Å². The number of nitrogens with zero attached hydrogens (tertiary/aromatic N) is 3. The third-order valence-corrected chi connectivity index (χ3v) is 9.62. The molecule has 246 valence electrons. The molecule has 0 saturated carbocycles. The third-order valence-electron chi connectivity index (χ3n) is 9.62. The second-order valence-electron chi connectivity index (χ2n) is 12.9. The quantitative estimate of drug-likeness (QED) is 0.161. The zero-order chi connectivity index (χ0) is 34.7. The van der Waals surface area contributed by atoms with Gasteiger partial charge in [-0.2, -0.15) is 0 Å². The van der Waals surface area contributed by atoms with Gasteiger partial charge in [-0.05, 0) is 94.0 Å². The predicted molar refractivity (Wildman–Crippen MR) is 217 cm³/mol. The van der Waals surface area contributed by atoms with Gasteiger partial charge in [0.15, 0.2) is 0 Å². The van der Waals surface area contributed by atoms with Crippen molar-refractivity contribution in [2.24, 2.45) is 0 Å². The molecular weight excluding hydrogens is 631 g/mol. The van der Waals surface area contributed by atoms with Gasteiger partial charge in [0.05, 0.1) is 11.0 Å². The zero-order valence-electron chi connectivity index (χ0n) is 28.5. The van der Waals surface area contributed by atoms with E-state index in [0.717, 1.165) is 56.3 Å². The molecule has 0 atom stereocenters. The molecule has 0 bridgehead atoms. The summed E-state index contributed by atoms with van der Waals surface area (Å²) in [7, 11) is 0. The average Bonchev–Trinajstić information content (AvgIpc) is 3.63. The fourth-order valence-electron chi connectivity index (χ4n) is 7.01. The second-order valence-corrected chi connectivity index (χ2v) is 12.9. The molecular formula is C49H35N3. The Balaban J connectivity index is 1.09. The van der Waals surface area contributed by atoms with Gasteiger partial charge < -0.3 is 4.90 Å². The number of hydrogen-bond donors (Lipinski definition) is 0. The van der Waals surface area contributed by atoms with E-state index in [1.807, 2.05) is 12.1 Å². The number of imidazole rings is 1. The van der Waals surface area contributed by atoms with Gasteiger partial charge in [0.25, 0.3) is 0 Å². The number of benzene rings is 8. The van der Waals surface area contributed by atoms with E-state index in [-0.39, 0.29) is 0 Å². The summed E-state index contributed by atoms with van der Waals surface area (Å²) in [4.78, 5) is 7.38. The van der Waals surface area contributed by atoms with E-state index < -0.39 is 0 Å². The number of aromatic nitrogens is 2. The SMILES string of the molecule is c1ccc(-c2ccc(N(c3ccc(-c4ccccc4)cc3)c3ccc(-c4cccc(-n5c(-c6ccccc6)nc6ccccc65)c4)cc3)cc2)cc1. The highest BCUT2D eigenvalue weighted by atomic mass is 15.1. The molecule has 0 aliphatic heterocycles. The normalized spacial score (nSPS) is 11.1. The third kappa shape index (κ3) is 6.06. The lowest BCUT2D eigenvalue weighted by Crippen LogP contribution is -2.09. The van der Waals surface area contributed by atoms with E-state index >= 15 is 0 Å². The summed E-state index contributed by atoms with van der Waals surface area (Å²) >= 11 is 0. The number of fused-ring (bicyclic) bond motifs is 1. The van der Waals surface area contributed by atoms with Gasteiger partial charge >= 0.3 is 0 Å². The van der Waals surface area contributed by atoms with E-state index in [9.17, 15) is 0 Å². The highest BCUT2D eigenvalue weighted by Gasteiger charge is 2.16. The van der Waals surface area contributed by atoms with Gasteiger partial charge in [-0.1, -0.05) is 152 Å². The van der Waals surface area contributed by atoms with Crippen LogP contribution in [0.1, 0.15) is 0 Å². The first-order valence-electron chi connectivity index (χ1n) is 17.6. The Hall–Kier alpha value is -6.97. The van der Waals surface area contributed by atoms with Crippen LogP contribution in [0.5, 0.6) is 0 Å². The molecule has 1 aromatic heterocycles. The Labute approximate surface area is 304 Å². The molecule has 0 unspecified atom stereocenters. The fraction of sp³-hybridized carbons (Fsp3) is 0. The lowest BCUT2D eigenvalue weighted by Gasteiger charge is -2.26. The standard InChI is InChI=1S/C49H35N3/c1-4-13-36(14-5-1)38-23-29-43(30-24-38)51(44-31-25-39(26-32-44)37-15-6-2-7-16-37)45-33-27-40(28-34-45)42-19-12-20-46(35-42)52-48-22-11-10-21-47(48)50-49(52)41-17-8-3-9-18-41/h1-35H. The minimum Gasteiger partial charge on any atom is -0.311 e. The van der Waals surface area contributed by atoms with Crippen molar-refractivity contribution in [2.75, 3.05) is 4.90 Å². The highest BCUT2D eigenvalue weighted by molar-refractivity contribution is 5.85. The number of hydrogen-bond acceptors (Lipinski definition) is 2. The van der Waals surface area contributed by atoms with Gasteiger partial charge in [0.1, 0.15) is 5.82 Å². The van der Waals surface area contributed by atoms with Crippen molar-refractivity contribution in [3.63, 3.8) is 0 Å². The maximum Gasteiger partial charge on any atom is 0.145 e. The summed E-state index contributed by atoms with van der Waals surface area (Å²) in [6.45, 7) is 0. The Morgan fingerprint density at radius 3 is 1.25 bits per heavy atom. The minimum atomic E-state index is 0.932. The molecule has 0 aliphatic rings. The summed E-state index contributed by atoms with van der Waals surface area (Å²) in [6.07, 6.45) is 0. The van der Waals surface area contributed by atoms with E-state index in [4.69, 9.17) is 4.98 Å². The zero-order valence-corrected chi connectivity index (χ0v) is 28.5. The summed E-state index contributed by atoms with van der Waals surface area (Å²) in [5, 5.41) is 0. The highest BCUT2D eigenvalue weighted by Crippen LogP contribution is 2.38. The van der Waals surface area contributed by atoms with Crippen LogP contribution >= 0.6 is 0 Å². The van der Waals surface area contributed by atoms with Crippen LogP contribution in [0, 0.1) is 0 Å². The van der Waals surface area contributed by atoms with E-state index in [0.29, 0.717) is 0 Å². The van der Waals surface area contributed by atoms with Crippen molar-refractivity contribution >= 4 is 28.1 Å². The van der Waals surface area contributed by atoms with Crippen LogP contribution in [0.15, 0.2) is 212 Å². The van der Waals surface area contributed by atoms with Crippen molar-refractivity contribution in [3.05, 3.63) is 212 Å². The number of anilines is 3. The Kier molecular flexibility index (Phi) is 8.20. The number of rotatable bonds is 8. The Bertz CT molecular complexity index is 2490. The molecule has 0 amide bonds. The first-order valence-corrected chi connectivity index (χ1v) is 17.6. The second kappa shape index (κ2) is 13.7. The van der Waals surface area contributed by atoms with Gasteiger partial charge in [-0.3, -0.25) is 4.57 Å². The molecule has 1 heterocycles. The Morgan fingerprint density at radius 1 is 0.327 bits per heavy atom. The van der Waals surface area contributed by atoms with Gasteiger partial charge in [-0.15, -0.1) is 0 Å². The summed E-state index contributed by atoms with van der Waals surface area (Å²) in [6, 6.07) is 75.1. The maximum atomic E-state index is 5.05. The van der Waals surface area contributed by atoms with Crippen LogP contribution in [0.4, 0.5) is 17.1 Å². The monoisotopic (exact) mass is 665 g/mol. The molecule has 8 aromatic carbocycles. The first-order chi connectivity index (χ1) is 25.8. The van der Waals surface area contributed by atoms with Crippen LogP contribution in [0.25, 0.3) is 61.5 Å². The predicted octanol–water partition coefficient (Wildman–Crippen LogP) is 13.2. The maximum absolute atomic E-state index is 5.05. The van der Waals surface area contributed by atoms with Gasteiger partial charge in [0, 0.05) is 28.3 Å². The molecule has 0 fully saturated rings. The largest absolute Gasteiger partial charge is 0.311 e. The lowest BCUT2D eigenvalue weighted by molar-refractivity contribution is 1.10. The molecule has 52 heavy (non-hydrogen) atoms. The average molecular weight is 666 g/mol. The van der Waals surface area contributed by atoms with Gasteiger partial charge in [-0.25, -0.2) is 4.98 Å². The molecule has 0 spiro atoms.